The van der Waals surface area contributed by atoms with E-state index in [9.17, 15) is 86.8 Å². The fraction of sp³-hybridized carbons (Fsp3) is 0.952. The van der Waals surface area contributed by atoms with Gasteiger partial charge in [0.2, 0.25) is 6.29 Å². The average molecular weight is 1340 g/mol. The molecule has 0 radical (unpaired) electrons. The van der Waals surface area contributed by atoms with E-state index in [2.05, 4.69) is 40.7 Å². The molecule has 0 aromatic carbocycles. The van der Waals surface area contributed by atoms with Crippen molar-refractivity contribution in [2.45, 2.75) is 291 Å². The molecule has 93 heavy (non-hydrogen) atoms. The third-order valence-corrected chi connectivity index (χ3v) is 24.5. The highest BCUT2D eigenvalue weighted by Crippen LogP contribution is 2.76. The number of hydrogen-bond donors (Lipinski definition) is 17. The lowest BCUT2D eigenvalue weighted by Crippen LogP contribution is -2.70. The van der Waals surface area contributed by atoms with Gasteiger partial charge in [-0.05, 0) is 111 Å². The third kappa shape index (κ3) is 12.3. The quantitative estimate of drug-likeness (QED) is 0.0443. The predicted molar refractivity (Wildman–Crippen MR) is 310 cm³/mol. The first-order chi connectivity index (χ1) is 43.6. The van der Waals surface area contributed by atoms with E-state index < -0.39 is 244 Å². The van der Waals surface area contributed by atoms with Gasteiger partial charge in [-0.25, -0.2) is 0 Å². The Morgan fingerprint density at radius 1 is 0.495 bits per heavy atom. The lowest BCUT2D eigenvalue weighted by atomic mass is 9.33. The summed E-state index contributed by atoms with van der Waals surface area (Å²) in [6, 6.07) is 0. The van der Waals surface area contributed by atoms with Crippen LogP contribution in [0.5, 0.6) is 0 Å². The second kappa shape index (κ2) is 26.9. The average Bonchev–Trinajstić information content (AvgIpc) is 0.674. The Labute approximate surface area is 539 Å². The van der Waals surface area contributed by atoms with Gasteiger partial charge in [-0.2, -0.15) is 0 Å². The number of fused-ring (bicyclic) bond motifs is 7. The Morgan fingerprint density at radius 3 is 1.71 bits per heavy atom. The number of hydrogen-bond acceptors (Lipinski definition) is 30. The molecule has 37 unspecified atom stereocenters. The maximum absolute atomic E-state index is 15.5. The maximum atomic E-state index is 15.5. The molecule has 6 heterocycles. The standard InChI is InChI=1S/C63H102O30/c1-24-35(70)39(74)42(77)53(85-24)89-47-31(69)22-83-52(44(47)79)88-46-25(2)86-54(43(78)40(46)75)91-49-37(72)30(68)21-84-56(49)93-57(81)63-15-13-58(3,4)17-27(63)26-9-10-34-59(5)18-28(66)50(60(6,23-65)33(59)11-12-62(34,8)61(26,7)14-16-63)92-55-45(80)48(38(73)32(19-64)87-55)90-51-41(76)36(71)29(67)20-82-51/h9,24-25,27-56,64-80H,10-23H2,1-8H3. The minimum atomic E-state index is -1.96. The molecule has 30 heteroatoms. The van der Waals surface area contributed by atoms with Gasteiger partial charge in [0.1, 0.15) is 110 Å². The van der Waals surface area contributed by atoms with Crippen LogP contribution in [0.15, 0.2) is 11.6 Å². The van der Waals surface area contributed by atoms with Crippen LogP contribution < -0.4 is 0 Å². The van der Waals surface area contributed by atoms with Crippen molar-refractivity contribution in [3.8, 4) is 0 Å². The fourth-order valence-electron chi connectivity index (χ4n) is 18.7. The monoisotopic (exact) mass is 1340 g/mol. The first-order valence-electron chi connectivity index (χ1n) is 33.0. The first kappa shape index (κ1) is 72.3. The lowest BCUT2D eigenvalue weighted by Gasteiger charge is -2.72. The van der Waals surface area contributed by atoms with E-state index in [0.29, 0.717) is 51.4 Å². The van der Waals surface area contributed by atoms with E-state index in [-0.39, 0.29) is 29.6 Å². The molecule has 0 bridgehead atoms. The summed E-state index contributed by atoms with van der Waals surface area (Å²) in [6.45, 7) is 13.2. The van der Waals surface area contributed by atoms with Crippen LogP contribution in [-0.4, -0.2) is 304 Å². The van der Waals surface area contributed by atoms with Crippen molar-refractivity contribution in [3.63, 3.8) is 0 Å². The Morgan fingerprint density at radius 2 is 1.04 bits per heavy atom. The minimum Gasteiger partial charge on any atom is -0.432 e. The van der Waals surface area contributed by atoms with Crippen LogP contribution in [0.4, 0.5) is 0 Å². The summed E-state index contributed by atoms with van der Waals surface area (Å²) in [7, 11) is 0. The number of rotatable bonds is 14. The zero-order chi connectivity index (χ0) is 67.7. The Hall–Kier alpha value is -1.91. The number of aliphatic hydroxyl groups is 17. The van der Waals surface area contributed by atoms with Crippen molar-refractivity contribution in [1.82, 2.24) is 0 Å². The van der Waals surface area contributed by atoms with E-state index in [1.807, 2.05) is 6.92 Å². The van der Waals surface area contributed by atoms with E-state index in [1.165, 1.54) is 13.8 Å². The van der Waals surface area contributed by atoms with E-state index in [1.54, 1.807) is 0 Å². The van der Waals surface area contributed by atoms with Crippen LogP contribution in [-0.2, 0) is 61.6 Å². The van der Waals surface area contributed by atoms with Gasteiger partial charge in [-0.3, -0.25) is 4.79 Å². The van der Waals surface area contributed by atoms with E-state index in [0.717, 1.165) is 5.57 Å². The molecule has 0 amide bonds. The molecular formula is C63H102O30. The zero-order valence-corrected chi connectivity index (χ0v) is 53.9. The molecule has 6 saturated heterocycles. The molecule has 4 saturated carbocycles. The minimum absolute atomic E-state index is 0.0839. The lowest BCUT2D eigenvalue weighted by molar-refractivity contribution is -0.377. The molecule has 17 N–H and O–H groups in total. The van der Waals surface area contributed by atoms with Crippen LogP contribution in [0.1, 0.15) is 113 Å². The predicted octanol–water partition coefficient (Wildman–Crippen LogP) is -4.47. The Bertz CT molecular complexity index is 2630. The highest BCUT2D eigenvalue weighted by Gasteiger charge is 2.72. The second-order valence-corrected chi connectivity index (χ2v) is 30.5. The summed E-state index contributed by atoms with van der Waals surface area (Å²) in [5.41, 5.74) is -2.99. The van der Waals surface area contributed by atoms with Crippen molar-refractivity contribution < 1.29 is 148 Å². The number of ether oxygens (including phenoxy) is 12. The van der Waals surface area contributed by atoms with Crippen molar-refractivity contribution in [2.75, 3.05) is 33.0 Å². The number of carbonyl (C=O) groups excluding carboxylic acids is 1. The molecule has 0 aromatic heterocycles. The second-order valence-electron chi connectivity index (χ2n) is 30.5. The Balaban J connectivity index is 0.784. The molecule has 5 aliphatic carbocycles. The number of aliphatic hydroxyl groups excluding tert-OH is 17. The Kier molecular flexibility index (Phi) is 20.9. The van der Waals surface area contributed by atoms with Gasteiger partial charge in [-0.15, -0.1) is 0 Å². The van der Waals surface area contributed by atoms with Crippen LogP contribution >= 0.6 is 0 Å². The molecule has 11 rings (SSSR count). The summed E-state index contributed by atoms with van der Waals surface area (Å²) in [6.07, 6.45) is -39.1. The van der Waals surface area contributed by atoms with Crippen LogP contribution in [0.25, 0.3) is 0 Å². The third-order valence-electron chi connectivity index (χ3n) is 24.5. The van der Waals surface area contributed by atoms with Gasteiger partial charge in [0, 0.05) is 5.41 Å². The van der Waals surface area contributed by atoms with Crippen molar-refractivity contribution >= 4 is 5.97 Å². The smallest absolute Gasteiger partial charge is 0.315 e. The molecular weight excluding hydrogens is 1240 g/mol. The topological polar surface area (TPSA) is 472 Å². The van der Waals surface area contributed by atoms with Gasteiger partial charge in [0.25, 0.3) is 0 Å². The van der Waals surface area contributed by atoms with Crippen LogP contribution in [0, 0.1) is 50.2 Å². The SMILES string of the molecule is CC1OC(OC2C(O)COC(OC3C(C)OC(OC4C(OC(=O)C56CCC(C)(C)CC5C5=CCC7C8(C)CC(O)C(OC9OC(CO)C(O)C(OC%10OCC(O)C(O)C%10O)C9O)C(C)(CO)C8CCC7(C)C5(C)CC6)OCC(O)C4O)C(O)C3O)C2O)C(O)C(O)C1O. The number of allylic oxidation sites excluding steroid dienone is 2. The van der Waals surface area contributed by atoms with Crippen molar-refractivity contribution in [3.05, 3.63) is 11.6 Å². The van der Waals surface area contributed by atoms with Crippen LogP contribution in [0.2, 0.25) is 0 Å². The summed E-state index contributed by atoms with van der Waals surface area (Å²) in [5, 5.41) is 187. The van der Waals surface area contributed by atoms with Crippen molar-refractivity contribution in [2.24, 2.45) is 50.2 Å². The number of carbonyl (C=O) groups is 1. The van der Waals surface area contributed by atoms with E-state index in [4.69, 9.17) is 56.8 Å². The summed E-state index contributed by atoms with van der Waals surface area (Å²) < 4.78 is 71.0. The van der Waals surface area contributed by atoms with Crippen LogP contribution in [0.3, 0.4) is 0 Å². The zero-order valence-electron chi connectivity index (χ0n) is 53.9. The molecule has 0 spiro atoms. The van der Waals surface area contributed by atoms with Gasteiger partial charge in [0.05, 0.1) is 62.9 Å². The first-order valence-corrected chi connectivity index (χ1v) is 33.0. The summed E-state index contributed by atoms with van der Waals surface area (Å²) in [5.74, 6) is -1.33. The molecule has 30 nitrogen and oxygen atoms in total. The van der Waals surface area contributed by atoms with Gasteiger partial charge in [0.15, 0.2) is 37.6 Å². The van der Waals surface area contributed by atoms with E-state index >= 15 is 4.79 Å². The highest BCUT2D eigenvalue weighted by atomic mass is 16.8. The molecule has 37 atom stereocenters. The largest absolute Gasteiger partial charge is 0.432 e. The normalized spacial score (nSPS) is 55.7. The van der Waals surface area contributed by atoms with Gasteiger partial charge < -0.3 is 144 Å². The molecule has 10 fully saturated rings. The molecule has 11 aliphatic rings. The summed E-state index contributed by atoms with van der Waals surface area (Å²) >= 11 is 0. The van der Waals surface area contributed by atoms with Gasteiger partial charge >= 0.3 is 5.97 Å². The van der Waals surface area contributed by atoms with Crippen molar-refractivity contribution in [1.29, 1.82) is 0 Å². The summed E-state index contributed by atoms with van der Waals surface area (Å²) in [4.78, 5) is 15.5. The molecule has 6 aliphatic heterocycles. The maximum Gasteiger partial charge on any atom is 0.315 e. The van der Waals surface area contributed by atoms with Gasteiger partial charge in [-0.1, -0.05) is 53.2 Å². The molecule has 534 valence electrons. The highest BCUT2D eigenvalue weighted by molar-refractivity contribution is 5.79. The molecule has 0 aromatic rings. The fourth-order valence-corrected chi connectivity index (χ4v) is 18.7. The number of esters is 1.